The van der Waals surface area contributed by atoms with Crippen molar-refractivity contribution in [3.05, 3.63) is 39.1 Å². The first kappa shape index (κ1) is 15.8. The van der Waals surface area contributed by atoms with E-state index in [1.807, 2.05) is 26.0 Å². The summed E-state index contributed by atoms with van der Waals surface area (Å²) in [5.41, 5.74) is 3.26. The summed E-state index contributed by atoms with van der Waals surface area (Å²) < 4.78 is 11.0. The molecular formula is C16H17BrO4. The number of carbonyl (C=O) groups is 2. The molecule has 0 bridgehead atoms. The average Bonchev–Trinajstić information content (AvgIpc) is 2.74. The third-order valence-electron chi connectivity index (χ3n) is 3.71. The van der Waals surface area contributed by atoms with Gasteiger partial charge in [0, 0.05) is 10.9 Å². The van der Waals surface area contributed by atoms with Crippen LogP contribution in [0, 0.1) is 19.8 Å². The number of aryl methyl sites for hydroxylation is 2. The molecule has 21 heavy (non-hydrogen) atoms. The molecule has 4 nitrogen and oxygen atoms in total. The van der Waals surface area contributed by atoms with Crippen LogP contribution in [0.4, 0.5) is 0 Å². The topological polar surface area (TPSA) is 52.6 Å². The van der Waals surface area contributed by atoms with Gasteiger partial charge in [0.05, 0.1) is 19.8 Å². The Bertz CT molecular complexity index is 623. The average molecular weight is 353 g/mol. The lowest BCUT2D eigenvalue weighted by Gasteiger charge is -2.13. The highest BCUT2D eigenvalue weighted by atomic mass is 79.9. The van der Waals surface area contributed by atoms with E-state index >= 15 is 0 Å². The van der Waals surface area contributed by atoms with Crippen molar-refractivity contribution in [3.63, 3.8) is 0 Å². The van der Waals surface area contributed by atoms with Crippen molar-refractivity contribution < 1.29 is 19.1 Å². The minimum Gasteiger partial charge on any atom is -0.500 e. The molecule has 2 rings (SSSR count). The fraction of sp³-hybridized carbons (Fsp3) is 0.375. The summed E-state index contributed by atoms with van der Waals surface area (Å²) in [6.07, 6.45) is 0.256. The maximum Gasteiger partial charge on any atom is 0.317 e. The van der Waals surface area contributed by atoms with E-state index in [9.17, 15) is 9.59 Å². The number of benzene rings is 1. The Hall–Kier alpha value is -1.62. The molecule has 0 heterocycles. The van der Waals surface area contributed by atoms with Crippen LogP contribution < -0.4 is 0 Å². The third-order valence-corrected chi connectivity index (χ3v) is 4.17. The summed E-state index contributed by atoms with van der Waals surface area (Å²) in [5.74, 6) is -1.00. The number of hydrogen-bond acceptors (Lipinski definition) is 4. The zero-order valence-electron chi connectivity index (χ0n) is 12.5. The quantitative estimate of drug-likeness (QED) is 0.619. The van der Waals surface area contributed by atoms with Crippen molar-refractivity contribution >= 4 is 33.3 Å². The fourth-order valence-electron chi connectivity index (χ4n) is 2.78. The Morgan fingerprint density at radius 3 is 2.29 bits per heavy atom. The molecule has 1 atom stereocenters. The van der Waals surface area contributed by atoms with E-state index in [0.717, 1.165) is 21.2 Å². The molecular weight excluding hydrogens is 336 g/mol. The predicted octanol–water partition coefficient (Wildman–Crippen LogP) is 3.19. The Balaban J connectivity index is 2.56. The molecule has 0 spiro atoms. The highest BCUT2D eigenvalue weighted by Gasteiger charge is 2.41. The molecule has 0 aromatic heterocycles. The zero-order valence-corrected chi connectivity index (χ0v) is 14.0. The second-order valence-corrected chi connectivity index (χ2v) is 5.98. The van der Waals surface area contributed by atoms with Gasteiger partial charge in [0.2, 0.25) is 0 Å². The van der Waals surface area contributed by atoms with Crippen LogP contribution in [-0.2, 0) is 19.1 Å². The van der Waals surface area contributed by atoms with Gasteiger partial charge in [-0.3, -0.25) is 9.59 Å². The summed E-state index contributed by atoms with van der Waals surface area (Å²) in [5, 5.41) is 0. The smallest absolute Gasteiger partial charge is 0.317 e. The standard InChI is InChI=1S/C16H17BrO4/c1-8-5-10(17)6-9(2)13(8)14-12(20-3)7-11(15(14)18)16(19)21-4/h5-6,11H,7H2,1-4H3. The molecule has 0 aliphatic heterocycles. The van der Waals surface area contributed by atoms with E-state index in [2.05, 4.69) is 15.9 Å². The maximum absolute atomic E-state index is 12.6. The summed E-state index contributed by atoms with van der Waals surface area (Å²) in [4.78, 5) is 24.4. The first-order chi connectivity index (χ1) is 9.90. The molecule has 1 aromatic carbocycles. The Kier molecular flexibility index (Phi) is 4.52. The van der Waals surface area contributed by atoms with Gasteiger partial charge in [-0.05, 0) is 42.7 Å². The van der Waals surface area contributed by atoms with Gasteiger partial charge in [-0.1, -0.05) is 15.9 Å². The lowest BCUT2D eigenvalue weighted by atomic mass is 9.92. The van der Waals surface area contributed by atoms with Crippen LogP contribution in [0.25, 0.3) is 5.57 Å². The summed E-state index contributed by atoms with van der Waals surface area (Å²) in [6, 6.07) is 3.89. The molecule has 0 saturated heterocycles. The molecule has 1 aromatic rings. The first-order valence-electron chi connectivity index (χ1n) is 6.57. The van der Waals surface area contributed by atoms with Crippen molar-refractivity contribution in [2.24, 2.45) is 5.92 Å². The van der Waals surface area contributed by atoms with E-state index in [-0.39, 0.29) is 12.2 Å². The predicted molar refractivity (Wildman–Crippen MR) is 82.7 cm³/mol. The summed E-state index contributed by atoms with van der Waals surface area (Å²) in [7, 11) is 2.81. The molecule has 1 unspecified atom stereocenters. The minimum absolute atomic E-state index is 0.229. The molecule has 1 aliphatic rings. The van der Waals surface area contributed by atoms with E-state index in [1.165, 1.54) is 14.2 Å². The lowest BCUT2D eigenvalue weighted by Crippen LogP contribution is -2.22. The normalized spacial score (nSPS) is 18.1. The second kappa shape index (κ2) is 6.02. The number of halogens is 1. The Morgan fingerprint density at radius 1 is 1.24 bits per heavy atom. The van der Waals surface area contributed by atoms with Gasteiger partial charge in [0.1, 0.15) is 11.7 Å². The van der Waals surface area contributed by atoms with Crippen LogP contribution in [0.15, 0.2) is 22.4 Å². The highest BCUT2D eigenvalue weighted by molar-refractivity contribution is 9.10. The van der Waals surface area contributed by atoms with Crippen LogP contribution in [0.1, 0.15) is 23.1 Å². The second-order valence-electron chi connectivity index (χ2n) is 5.06. The van der Waals surface area contributed by atoms with E-state index in [0.29, 0.717) is 11.3 Å². The van der Waals surface area contributed by atoms with Crippen molar-refractivity contribution in [1.82, 2.24) is 0 Å². The number of esters is 1. The van der Waals surface area contributed by atoms with Crippen LogP contribution in [0.2, 0.25) is 0 Å². The number of Topliss-reactive ketones (excluding diaryl/α,β-unsaturated/α-hetero) is 1. The molecule has 112 valence electrons. The van der Waals surface area contributed by atoms with Gasteiger partial charge in [0.25, 0.3) is 0 Å². The summed E-state index contributed by atoms with van der Waals surface area (Å²) >= 11 is 3.44. The van der Waals surface area contributed by atoms with Gasteiger partial charge >= 0.3 is 5.97 Å². The van der Waals surface area contributed by atoms with Gasteiger partial charge in [-0.15, -0.1) is 0 Å². The van der Waals surface area contributed by atoms with Crippen LogP contribution in [-0.4, -0.2) is 26.0 Å². The van der Waals surface area contributed by atoms with Crippen molar-refractivity contribution in [3.8, 4) is 0 Å². The van der Waals surface area contributed by atoms with Crippen LogP contribution in [0.5, 0.6) is 0 Å². The largest absolute Gasteiger partial charge is 0.500 e. The SMILES string of the molecule is COC(=O)C1CC(OC)=C(c2c(C)cc(Br)cc2C)C1=O. The number of hydrogen-bond donors (Lipinski definition) is 0. The minimum atomic E-state index is -0.803. The summed E-state index contributed by atoms with van der Waals surface area (Å²) in [6.45, 7) is 3.87. The molecule has 0 saturated carbocycles. The number of ether oxygens (including phenoxy) is 2. The number of rotatable bonds is 3. The first-order valence-corrected chi connectivity index (χ1v) is 7.36. The monoisotopic (exact) mass is 352 g/mol. The van der Waals surface area contributed by atoms with Crippen LogP contribution >= 0.6 is 15.9 Å². The maximum atomic E-state index is 12.6. The zero-order chi connectivity index (χ0) is 15.7. The van der Waals surface area contributed by atoms with E-state index in [4.69, 9.17) is 9.47 Å². The Morgan fingerprint density at radius 2 is 1.81 bits per heavy atom. The molecule has 1 aliphatic carbocycles. The van der Waals surface area contributed by atoms with E-state index < -0.39 is 11.9 Å². The lowest BCUT2D eigenvalue weighted by molar-refractivity contribution is -0.147. The number of methoxy groups -OCH3 is 2. The Labute approximate surface area is 132 Å². The van der Waals surface area contributed by atoms with Gasteiger partial charge in [-0.2, -0.15) is 0 Å². The van der Waals surface area contributed by atoms with Crippen LogP contribution in [0.3, 0.4) is 0 Å². The molecule has 5 heteroatoms. The number of carbonyl (C=O) groups excluding carboxylic acids is 2. The highest BCUT2D eigenvalue weighted by Crippen LogP contribution is 2.39. The molecule has 0 fully saturated rings. The van der Waals surface area contributed by atoms with Gasteiger partial charge in [0.15, 0.2) is 5.78 Å². The van der Waals surface area contributed by atoms with Crippen molar-refractivity contribution in [2.45, 2.75) is 20.3 Å². The van der Waals surface area contributed by atoms with Gasteiger partial charge < -0.3 is 9.47 Å². The third kappa shape index (κ3) is 2.75. The number of ketones is 1. The molecule has 0 radical (unpaired) electrons. The van der Waals surface area contributed by atoms with E-state index in [1.54, 1.807) is 0 Å². The van der Waals surface area contributed by atoms with Gasteiger partial charge in [-0.25, -0.2) is 0 Å². The fourth-order valence-corrected chi connectivity index (χ4v) is 3.46. The van der Waals surface area contributed by atoms with Crippen molar-refractivity contribution in [1.29, 1.82) is 0 Å². The van der Waals surface area contributed by atoms with Crippen molar-refractivity contribution in [2.75, 3.05) is 14.2 Å². The molecule has 0 amide bonds. The number of allylic oxidation sites excluding steroid dienone is 2. The molecule has 0 N–H and O–H groups in total.